The van der Waals surface area contributed by atoms with Crippen LogP contribution in [-0.2, 0) is 12.8 Å². The number of hydrogen-bond acceptors (Lipinski definition) is 1. The average Bonchev–Trinajstić information content (AvgIpc) is 2.30. The monoisotopic (exact) mass is 215 g/mol. The van der Waals surface area contributed by atoms with E-state index in [1.165, 1.54) is 17.8 Å². The lowest BCUT2D eigenvalue weighted by atomic mass is 10.1. The molecule has 1 aromatic carbocycles. The molecule has 0 saturated carbocycles. The van der Waals surface area contributed by atoms with Gasteiger partial charge in [-0.05, 0) is 42.5 Å². The number of halogens is 1. The Kier molecular flexibility index (Phi) is 3.65. The lowest BCUT2D eigenvalue weighted by molar-refractivity contribution is 0.580. The molecule has 0 aliphatic heterocycles. The van der Waals surface area contributed by atoms with Crippen molar-refractivity contribution in [1.82, 2.24) is 4.98 Å². The Bertz CT molecular complexity index is 439. The van der Waals surface area contributed by atoms with Gasteiger partial charge in [-0.2, -0.15) is 4.39 Å². The van der Waals surface area contributed by atoms with Gasteiger partial charge in [0.25, 0.3) is 0 Å². The molecule has 0 atom stereocenters. The Hall–Kier alpha value is -1.70. The molecule has 0 unspecified atom stereocenters. The third kappa shape index (κ3) is 3.16. The molecule has 0 spiro atoms. The Morgan fingerprint density at radius 1 is 0.938 bits per heavy atom. The summed E-state index contributed by atoms with van der Waals surface area (Å²) >= 11 is 0. The maximum atomic E-state index is 12.8. The molecular formula is C14H14FN. The van der Waals surface area contributed by atoms with Crippen LogP contribution in [0.2, 0.25) is 0 Å². The fraction of sp³-hybridized carbons (Fsp3) is 0.214. The molecule has 0 fully saturated rings. The van der Waals surface area contributed by atoms with E-state index in [2.05, 4.69) is 17.1 Å². The molecular weight excluding hydrogens is 201 g/mol. The minimum Gasteiger partial charge on any atom is -0.228 e. The summed E-state index contributed by atoms with van der Waals surface area (Å²) in [7, 11) is 0. The van der Waals surface area contributed by atoms with Crippen LogP contribution in [0.4, 0.5) is 4.39 Å². The average molecular weight is 215 g/mol. The predicted octanol–water partition coefficient (Wildman–Crippen LogP) is 3.40. The molecule has 0 aliphatic rings. The Balaban J connectivity index is 1.85. The number of nitrogens with zero attached hydrogens (tertiary/aromatic N) is 1. The summed E-state index contributed by atoms with van der Waals surface area (Å²) in [6.45, 7) is 0. The standard InChI is InChI=1S/C14H14FN/c15-14-11-13(9-10-16-14)8-4-7-12-5-2-1-3-6-12/h1-3,5-6,9-11H,4,7-8H2. The Morgan fingerprint density at radius 3 is 2.44 bits per heavy atom. The van der Waals surface area contributed by atoms with Crippen molar-refractivity contribution in [3.8, 4) is 0 Å². The smallest absolute Gasteiger partial charge is 0.213 e. The van der Waals surface area contributed by atoms with Gasteiger partial charge >= 0.3 is 0 Å². The van der Waals surface area contributed by atoms with E-state index in [1.54, 1.807) is 0 Å². The molecule has 1 heterocycles. The van der Waals surface area contributed by atoms with Crippen molar-refractivity contribution in [3.63, 3.8) is 0 Å². The lowest BCUT2D eigenvalue weighted by Crippen LogP contribution is -1.91. The molecule has 0 amide bonds. The van der Waals surface area contributed by atoms with Crippen LogP contribution >= 0.6 is 0 Å². The molecule has 0 bridgehead atoms. The van der Waals surface area contributed by atoms with Crippen LogP contribution in [0.1, 0.15) is 17.5 Å². The predicted molar refractivity (Wildman–Crippen MR) is 62.7 cm³/mol. The van der Waals surface area contributed by atoms with Crippen molar-refractivity contribution in [3.05, 3.63) is 65.7 Å². The topological polar surface area (TPSA) is 12.9 Å². The van der Waals surface area contributed by atoms with Gasteiger partial charge in [0.15, 0.2) is 0 Å². The lowest BCUT2D eigenvalue weighted by Gasteiger charge is -2.02. The number of pyridine rings is 1. The summed E-state index contributed by atoms with van der Waals surface area (Å²) in [5, 5.41) is 0. The summed E-state index contributed by atoms with van der Waals surface area (Å²) in [5.74, 6) is -0.391. The fourth-order valence-corrected chi connectivity index (χ4v) is 1.74. The zero-order valence-corrected chi connectivity index (χ0v) is 9.07. The molecule has 82 valence electrons. The first-order valence-corrected chi connectivity index (χ1v) is 5.49. The van der Waals surface area contributed by atoms with Crippen LogP contribution in [-0.4, -0.2) is 4.98 Å². The second-order valence-electron chi connectivity index (χ2n) is 3.83. The van der Waals surface area contributed by atoms with E-state index in [1.807, 2.05) is 24.3 Å². The minimum absolute atomic E-state index is 0.391. The number of hydrogen-bond donors (Lipinski definition) is 0. The van der Waals surface area contributed by atoms with Gasteiger partial charge in [0.05, 0.1) is 0 Å². The van der Waals surface area contributed by atoms with Crippen LogP contribution in [0.25, 0.3) is 0 Å². The quantitative estimate of drug-likeness (QED) is 0.712. The molecule has 0 aliphatic carbocycles. The van der Waals surface area contributed by atoms with Gasteiger partial charge in [0.2, 0.25) is 5.95 Å². The van der Waals surface area contributed by atoms with Crippen LogP contribution in [0.5, 0.6) is 0 Å². The maximum absolute atomic E-state index is 12.8. The molecule has 2 rings (SSSR count). The molecule has 0 saturated heterocycles. The van der Waals surface area contributed by atoms with Gasteiger partial charge < -0.3 is 0 Å². The van der Waals surface area contributed by atoms with E-state index < -0.39 is 5.95 Å². The van der Waals surface area contributed by atoms with Crippen LogP contribution in [0, 0.1) is 5.95 Å². The van der Waals surface area contributed by atoms with E-state index >= 15 is 0 Å². The third-order valence-electron chi connectivity index (χ3n) is 2.56. The molecule has 1 nitrogen and oxygen atoms in total. The maximum Gasteiger partial charge on any atom is 0.213 e. The van der Waals surface area contributed by atoms with E-state index in [9.17, 15) is 4.39 Å². The zero-order chi connectivity index (χ0) is 11.2. The van der Waals surface area contributed by atoms with Gasteiger partial charge in [-0.3, -0.25) is 0 Å². The first-order valence-electron chi connectivity index (χ1n) is 5.49. The summed E-state index contributed by atoms with van der Waals surface area (Å²) in [5.41, 5.74) is 2.35. The summed E-state index contributed by atoms with van der Waals surface area (Å²) in [6.07, 6.45) is 4.49. The Labute approximate surface area is 95.0 Å². The highest BCUT2D eigenvalue weighted by Gasteiger charge is 1.97. The summed E-state index contributed by atoms with van der Waals surface area (Å²) < 4.78 is 12.8. The molecule has 0 radical (unpaired) electrons. The van der Waals surface area contributed by atoms with E-state index in [-0.39, 0.29) is 0 Å². The van der Waals surface area contributed by atoms with E-state index in [0.29, 0.717) is 0 Å². The van der Waals surface area contributed by atoms with Crippen molar-refractivity contribution in [1.29, 1.82) is 0 Å². The minimum atomic E-state index is -0.391. The van der Waals surface area contributed by atoms with E-state index in [0.717, 1.165) is 24.8 Å². The summed E-state index contributed by atoms with van der Waals surface area (Å²) in [4.78, 5) is 3.54. The first-order chi connectivity index (χ1) is 7.84. The molecule has 16 heavy (non-hydrogen) atoms. The second-order valence-corrected chi connectivity index (χ2v) is 3.83. The SMILES string of the molecule is Fc1cc(CCCc2ccccc2)ccn1. The van der Waals surface area contributed by atoms with Crippen molar-refractivity contribution < 1.29 is 4.39 Å². The molecule has 0 N–H and O–H groups in total. The fourth-order valence-electron chi connectivity index (χ4n) is 1.74. The zero-order valence-electron chi connectivity index (χ0n) is 9.07. The van der Waals surface area contributed by atoms with E-state index in [4.69, 9.17) is 0 Å². The van der Waals surface area contributed by atoms with Gasteiger partial charge in [-0.25, -0.2) is 4.98 Å². The van der Waals surface area contributed by atoms with Crippen molar-refractivity contribution in [2.24, 2.45) is 0 Å². The largest absolute Gasteiger partial charge is 0.228 e. The van der Waals surface area contributed by atoms with Crippen LogP contribution < -0.4 is 0 Å². The van der Waals surface area contributed by atoms with Gasteiger partial charge in [0.1, 0.15) is 0 Å². The molecule has 1 aromatic heterocycles. The van der Waals surface area contributed by atoms with Crippen molar-refractivity contribution >= 4 is 0 Å². The second kappa shape index (κ2) is 5.40. The highest BCUT2D eigenvalue weighted by atomic mass is 19.1. The van der Waals surface area contributed by atoms with Gasteiger partial charge in [-0.15, -0.1) is 0 Å². The highest BCUT2D eigenvalue weighted by Crippen LogP contribution is 2.08. The van der Waals surface area contributed by atoms with Crippen molar-refractivity contribution in [2.45, 2.75) is 19.3 Å². The van der Waals surface area contributed by atoms with Gasteiger partial charge in [-0.1, -0.05) is 30.3 Å². The Morgan fingerprint density at radius 2 is 1.69 bits per heavy atom. The third-order valence-corrected chi connectivity index (χ3v) is 2.56. The number of aryl methyl sites for hydroxylation is 2. The van der Waals surface area contributed by atoms with Crippen LogP contribution in [0.3, 0.4) is 0 Å². The van der Waals surface area contributed by atoms with Crippen LogP contribution in [0.15, 0.2) is 48.7 Å². The first kappa shape index (κ1) is 10.8. The van der Waals surface area contributed by atoms with Gasteiger partial charge in [0, 0.05) is 6.20 Å². The highest BCUT2D eigenvalue weighted by molar-refractivity contribution is 5.16. The number of aromatic nitrogens is 1. The van der Waals surface area contributed by atoms with Crippen molar-refractivity contribution in [2.75, 3.05) is 0 Å². The molecule has 2 heteroatoms. The number of rotatable bonds is 4. The number of benzene rings is 1. The normalized spacial score (nSPS) is 10.3. The molecule has 2 aromatic rings. The summed E-state index contributed by atoms with van der Waals surface area (Å²) in [6, 6.07) is 13.7.